The summed E-state index contributed by atoms with van der Waals surface area (Å²) in [6.45, 7) is 7.36. The van der Waals surface area contributed by atoms with Crippen LogP contribution in [0.15, 0.2) is 49.0 Å². The molecule has 7 heteroatoms. The fraction of sp³-hybridized carbons (Fsp3) is 0.593. The first kappa shape index (κ1) is 23.5. The molecule has 0 bridgehead atoms. The summed E-state index contributed by atoms with van der Waals surface area (Å²) in [4.78, 5) is 8.50. The maximum absolute atomic E-state index is 13.1. The summed E-state index contributed by atoms with van der Waals surface area (Å²) in [7, 11) is 0. The summed E-state index contributed by atoms with van der Waals surface area (Å²) in [5, 5.41) is 3.90. The van der Waals surface area contributed by atoms with Crippen LogP contribution in [0.25, 0.3) is 0 Å². The third-order valence-corrected chi connectivity index (χ3v) is 8.15. The third kappa shape index (κ3) is 5.19. The first-order chi connectivity index (χ1) is 16.4. The Morgan fingerprint density at radius 1 is 1.03 bits per heavy atom. The maximum atomic E-state index is 13.1. The molecule has 3 heterocycles. The largest absolute Gasteiger partial charge is 0.417 e. The second-order valence-electron chi connectivity index (χ2n) is 10.3. The lowest BCUT2D eigenvalue weighted by Crippen LogP contribution is -2.43. The molecule has 1 aromatic heterocycles. The van der Waals surface area contributed by atoms with Gasteiger partial charge in [-0.2, -0.15) is 13.2 Å². The van der Waals surface area contributed by atoms with E-state index in [4.69, 9.17) is 0 Å². The molecule has 184 valence electrons. The normalized spacial score (nSPS) is 29.4. The van der Waals surface area contributed by atoms with Crippen LogP contribution in [-0.4, -0.2) is 46.5 Å². The van der Waals surface area contributed by atoms with E-state index in [2.05, 4.69) is 51.0 Å². The van der Waals surface area contributed by atoms with E-state index in [-0.39, 0.29) is 0 Å². The van der Waals surface area contributed by atoms with E-state index >= 15 is 0 Å². The van der Waals surface area contributed by atoms with Crippen molar-refractivity contribution in [1.29, 1.82) is 0 Å². The smallest absolute Gasteiger partial charge is 0.357 e. The Morgan fingerprint density at radius 2 is 1.85 bits per heavy atom. The summed E-state index contributed by atoms with van der Waals surface area (Å²) in [5.41, 5.74) is 0.763. The van der Waals surface area contributed by atoms with Crippen LogP contribution in [-0.2, 0) is 19.1 Å². The zero-order chi connectivity index (χ0) is 23.7. The molecule has 0 amide bonds. The van der Waals surface area contributed by atoms with E-state index in [9.17, 15) is 13.2 Å². The first-order valence-corrected chi connectivity index (χ1v) is 12.7. The Kier molecular flexibility index (Phi) is 6.74. The number of pyridine rings is 1. The molecule has 2 atom stereocenters. The predicted octanol–water partition coefficient (Wildman–Crippen LogP) is 5.28. The molecule has 2 unspecified atom stereocenters. The fourth-order valence-corrected chi connectivity index (χ4v) is 6.13. The summed E-state index contributed by atoms with van der Waals surface area (Å²) in [6.07, 6.45) is 13.6. The lowest BCUT2D eigenvalue weighted by atomic mass is 9.76. The van der Waals surface area contributed by atoms with Crippen LogP contribution in [0.2, 0.25) is 0 Å². The number of halogens is 3. The minimum Gasteiger partial charge on any atom is -0.357 e. The molecule has 0 aromatic carbocycles. The standard InChI is InChI=1S/C27H35F3N4/c1-19(33-14-12-26-22(17-33)15-23(16-31-26)27(28,29)30)34-13-11-25(18-34)32-24-9-7-21(8-10-24)20-5-3-2-4-6-20/h2-5,15-16,20-21,24-25,32H,1,6-14,17-18H2. The molecular formula is C27H35F3N4. The average molecular weight is 473 g/mol. The fourth-order valence-electron chi connectivity index (χ4n) is 6.13. The van der Waals surface area contributed by atoms with Crippen LogP contribution in [0.3, 0.4) is 0 Å². The molecule has 2 fully saturated rings. The summed E-state index contributed by atoms with van der Waals surface area (Å²) < 4.78 is 39.4. The lowest BCUT2D eigenvalue weighted by Gasteiger charge is -2.37. The molecule has 0 spiro atoms. The Morgan fingerprint density at radius 3 is 2.59 bits per heavy atom. The number of nitrogens with zero attached hydrogens (tertiary/aromatic N) is 3. The molecule has 1 saturated carbocycles. The highest BCUT2D eigenvalue weighted by Crippen LogP contribution is 2.35. The van der Waals surface area contributed by atoms with Gasteiger partial charge in [-0.25, -0.2) is 0 Å². The quantitative estimate of drug-likeness (QED) is 0.632. The van der Waals surface area contributed by atoms with Crippen molar-refractivity contribution in [3.05, 3.63) is 65.8 Å². The number of likely N-dealkylation sites (tertiary alicyclic amines) is 1. The molecule has 4 nitrogen and oxygen atoms in total. The van der Waals surface area contributed by atoms with Crippen LogP contribution in [0.5, 0.6) is 0 Å². The highest BCUT2D eigenvalue weighted by molar-refractivity contribution is 5.29. The number of nitrogens with one attached hydrogen (secondary N) is 1. The summed E-state index contributed by atoms with van der Waals surface area (Å²) in [6, 6.07) is 2.30. The van der Waals surface area contributed by atoms with Crippen LogP contribution in [0.1, 0.15) is 55.3 Å². The zero-order valence-corrected chi connectivity index (χ0v) is 19.7. The molecule has 1 N–H and O–H groups in total. The van der Waals surface area contributed by atoms with Crippen molar-refractivity contribution in [3.63, 3.8) is 0 Å². The molecule has 1 aromatic rings. The van der Waals surface area contributed by atoms with Gasteiger partial charge in [-0.05, 0) is 62.0 Å². The predicted molar refractivity (Wildman–Crippen MR) is 128 cm³/mol. The molecule has 4 aliphatic rings. The van der Waals surface area contributed by atoms with Gasteiger partial charge in [0.25, 0.3) is 0 Å². The number of hydrogen-bond donors (Lipinski definition) is 1. The van der Waals surface area contributed by atoms with Gasteiger partial charge >= 0.3 is 6.18 Å². The van der Waals surface area contributed by atoms with Crippen LogP contribution in [0.4, 0.5) is 13.2 Å². The molecule has 2 aliphatic carbocycles. The number of fused-ring (bicyclic) bond motifs is 1. The highest BCUT2D eigenvalue weighted by Gasteiger charge is 2.34. The number of rotatable bonds is 5. The summed E-state index contributed by atoms with van der Waals surface area (Å²) >= 11 is 0. The van der Waals surface area contributed by atoms with Gasteiger partial charge in [0, 0.05) is 56.6 Å². The van der Waals surface area contributed by atoms with Gasteiger partial charge in [-0.1, -0.05) is 30.9 Å². The molecular weight excluding hydrogens is 437 g/mol. The second-order valence-corrected chi connectivity index (χ2v) is 10.3. The van der Waals surface area contributed by atoms with Crippen molar-refractivity contribution in [2.45, 2.75) is 69.8 Å². The molecule has 2 aliphatic heterocycles. The molecule has 5 rings (SSSR count). The van der Waals surface area contributed by atoms with E-state index in [1.54, 1.807) is 0 Å². The SMILES string of the molecule is C=C(N1CCc2ncc(C(F)(F)F)cc2C1)N1CCC(NC2CCC(C3C=CC=CC3)CC2)C1. The Hall–Kier alpha value is -2.28. The Labute approximate surface area is 200 Å². The first-order valence-electron chi connectivity index (χ1n) is 12.7. The second kappa shape index (κ2) is 9.76. The van der Waals surface area contributed by atoms with E-state index in [0.717, 1.165) is 49.7 Å². The van der Waals surface area contributed by atoms with Crippen molar-refractivity contribution >= 4 is 0 Å². The van der Waals surface area contributed by atoms with E-state index in [1.165, 1.54) is 38.2 Å². The van der Waals surface area contributed by atoms with Crippen molar-refractivity contribution in [2.24, 2.45) is 11.8 Å². The van der Waals surface area contributed by atoms with Crippen LogP contribution in [0, 0.1) is 11.8 Å². The van der Waals surface area contributed by atoms with Gasteiger partial charge in [0.1, 0.15) is 0 Å². The van der Waals surface area contributed by atoms with E-state index in [0.29, 0.717) is 36.5 Å². The van der Waals surface area contributed by atoms with Gasteiger partial charge in [-0.15, -0.1) is 0 Å². The maximum Gasteiger partial charge on any atom is 0.417 e. The van der Waals surface area contributed by atoms with Gasteiger partial charge in [0.15, 0.2) is 0 Å². The number of hydrogen-bond acceptors (Lipinski definition) is 4. The molecule has 0 radical (unpaired) electrons. The molecule has 34 heavy (non-hydrogen) atoms. The van der Waals surface area contributed by atoms with Gasteiger partial charge < -0.3 is 15.1 Å². The lowest BCUT2D eigenvalue weighted by molar-refractivity contribution is -0.137. The monoisotopic (exact) mass is 472 g/mol. The van der Waals surface area contributed by atoms with Crippen molar-refractivity contribution in [3.8, 4) is 0 Å². The highest BCUT2D eigenvalue weighted by atomic mass is 19.4. The van der Waals surface area contributed by atoms with Gasteiger partial charge in [-0.3, -0.25) is 4.98 Å². The topological polar surface area (TPSA) is 31.4 Å². The van der Waals surface area contributed by atoms with Crippen LogP contribution >= 0.6 is 0 Å². The van der Waals surface area contributed by atoms with Crippen molar-refractivity contribution in [1.82, 2.24) is 20.1 Å². The minimum atomic E-state index is -4.36. The third-order valence-electron chi connectivity index (χ3n) is 8.15. The average Bonchev–Trinajstić information content (AvgIpc) is 3.32. The Bertz CT molecular complexity index is 946. The minimum absolute atomic E-state index is 0.439. The number of aromatic nitrogens is 1. The number of allylic oxidation sites excluding steroid dienone is 4. The number of alkyl halides is 3. The van der Waals surface area contributed by atoms with E-state index in [1.807, 2.05) is 0 Å². The van der Waals surface area contributed by atoms with Gasteiger partial charge in [0.05, 0.1) is 11.4 Å². The summed E-state index contributed by atoms with van der Waals surface area (Å²) in [5.74, 6) is 2.45. The van der Waals surface area contributed by atoms with Crippen molar-refractivity contribution in [2.75, 3.05) is 19.6 Å². The zero-order valence-electron chi connectivity index (χ0n) is 19.7. The van der Waals surface area contributed by atoms with Crippen LogP contribution < -0.4 is 5.32 Å². The van der Waals surface area contributed by atoms with Gasteiger partial charge in [0.2, 0.25) is 0 Å². The van der Waals surface area contributed by atoms with Crippen molar-refractivity contribution < 1.29 is 13.2 Å². The Balaban J connectivity index is 1.11. The molecule has 1 saturated heterocycles. The van der Waals surface area contributed by atoms with E-state index < -0.39 is 11.7 Å².